The third kappa shape index (κ3) is 2.79. The van der Waals surface area contributed by atoms with Crippen LogP contribution in [0.2, 0.25) is 0 Å². The fourth-order valence-electron chi connectivity index (χ4n) is 1.76. The van der Waals surface area contributed by atoms with Gasteiger partial charge in [0.05, 0.1) is 8.66 Å². The van der Waals surface area contributed by atoms with Crippen molar-refractivity contribution < 1.29 is 0 Å². The summed E-state index contributed by atoms with van der Waals surface area (Å²) < 4.78 is 1.11. The first-order valence-electron chi connectivity index (χ1n) is 6.04. The fourth-order valence-corrected chi connectivity index (χ4v) is 3.09. The van der Waals surface area contributed by atoms with Crippen molar-refractivity contribution in [3.8, 4) is 10.7 Å². The van der Waals surface area contributed by atoms with Crippen molar-refractivity contribution in [3.63, 3.8) is 0 Å². The summed E-state index contributed by atoms with van der Waals surface area (Å²) in [6, 6.07) is 4.80. The van der Waals surface area contributed by atoms with Crippen molar-refractivity contribution in [2.24, 2.45) is 0 Å². The number of hydrogen-bond donors (Lipinski definition) is 1. The maximum atomic E-state index is 4.59. The molecule has 1 saturated carbocycles. The second kappa shape index (κ2) is 5.07. The van der Waals surface area contributed by atoms with Gasteiger partial charge in [0.1, 0.15) is 0 Å². The number of halogens is 1. The molecule has 3 rings (SSSR count). The van der Waals surface area contributed by atoms with Crippen LogP contribution in [-0.2, 0) is 6.54 Å². The topological polar surface area (TPSA) is 37.8 Å². The fraction of sp³-hybridized carbons (Fsp3) is 0.385. The van der Waals surface area contributed by atoms with Crippen LogP contribution >= 0.6 is 27.3 Å². The Morgan fingerprint density at radius 3 is 2.89 bits per heavy atom. The van der Waals surface area contributed by atoms with Crippen molar-refractivity contribution in [2.75, 3.05) is 0 Å². The molecule has 0 bridgehead atoms. The molecule has 1 N–H and O–H groups in total. The zero-order valence-electron chi connectivity index (χ0n) is 10.1. The number of aryl methyl sites for hydroxylation is 1. The Morgan fingerprint density at radius 1 is 1.44 bits per heavy atom. The van der Waals surface area contributed by atoms with E-state index in [2.05, 4.69) is 38.1 Å². The first-order chi connectivity index (χ1) is 8.72. The molecule has 0 aromatic carbocycles. The van der Waals surface area contributed by atoms with Gasteiger partial charge < -0.3 is 5.32 Å². The lowest BCUT2D eigenvalue weighted by atomic mass is 10.2. The second-order valence-electron chi connectivity index (χ2n) is 4.56. The quantitative estimate of drug-likeness (QED) is 0.935. The van der Waals surface area contributed by atoms with Gasteiger partial charge in [0.15, 0.2) is 5.82 Å². The normalized spacial score (nSPS) is 15.0. The number of nitrogens with one attached hydrogen (secondary N) is 1. The number of nitrogens with zero attached hydrogens (tertiary/aromatic N) is 2. The Labute approximate surface area is 119 Å². The minimum absolute atomic E-state index is 0.720. The molecule has 5 heteroatoms. The van der Waals surface area contributed by atoms with Crippen LogP contribution in [0.25, 0.3) is 10.7 Å². The van der Waals surface area contributed by atoms with E-state index in [0.717, 1.165) is 32.8 Å². The first kappa shape index (κ1) is 12.3. The first-order valence-corrected chi connectivity index (χ1v) is 7.65. The molecule has 0 spiro atoms. The summed E-state index contributed by atoms with van der Waals surface area (Å²) in [4.78, 5) is 10.2. The lowest BCUT2D eigenvalue weighted by Gasteiger charge is -2.06. The Kier molecular flexibility index (Phi) is 3.46. The molecule has 0 amide bonds. The molecule has 0 unspecified atom stereocenters. The van der Waals surface area contributed by atoms with Crippen LogP contribution in [0.4, 0.5) is 0 Å². The molecule has 2 aromatic rings. The highest BCUT2D eigenvalue weighted by Gasteiger charge is 2.20. The van der Waals surface area contributed by atoms with E-state index >= 15 is 0 Å². The van der Waals surface area contributed by atoms with Gasteiger partial charge in [-0.3, -0.25) is 0 Å². The van der Waals surface area contributed by atoms with E-state index in [1.54, 1.807) is 11.3 Å². The molecule has 0 aliphatic heterocycles. The average molecular weight is 324 g/mol. The van der Waals surface area contributed by atoms with Crippen molar-refractivity contribution >= 4 is 27.3 Å². The molecule has 3 nitrogen and oxygen atoms in total. The lowest BCUT2D eigenvalue weighted by molar-refractivity contribution is 0.680. The zero-order valence-corrected chi connectivity index (χ0v) is 12.5. The predicted molar refractivity (Wildman–Crippen MR) is 77.6 cm³/mol. The number of rotatable bonds is 4. The molecule has 1 aliphatic carbocycles. The van der Waals surface area contributed by atoms with E-state index in [1.807, 2.05) is 18.3 Å². The standard InChI is InChI=1S/C13H14BrN3S/c1-8-9(6-15-10-2-3-10)7-16-13(17-8)11-4-5-12(14)18-11/h4-5,7,10,15H,2-3,6H2,1H3. The smallest absolute Gasteiger partial charge is 0.169 e. The average Bonchev–Trinajstić information content (AvgIpc) is 3.08. The Hall–Kier alpha value is -0.780. The highest BCUT2D eigenvalue weighted by molar-refractivity contribution is 9.11. The molecule has 1 fully saturated rings. The molecule has 0 atom stereocenters. The van der Waals surface area contributed by atoms with Crippen LogP contribution in [0.3, 0.4) is 0 Å². The summed E-state index contributed by atoms with van der Waals surface area (Å²) >= 11 is 5.12. The lowest BCUT2D eigenvalue weighted by Crippen LogP contribution is -2.16. The third-order valence-corrected chi connectivity index (χ3v) is 4.65. The van der Waals surface area contributed by atoms with E-state index < -0.39 is 0 Å². The summed E-state index contributed by atoms with van der Waals surface area (Å²) in [6.45, 7) is 2.93. The van der Waals surface area contributed by atoms with Gasteiger partial charge in [-0.2, -0.15) is 0 Å². The van der Waals surface area contributed by atoms with Gasteiger partial charge in [-0.05, 0) is 47.8 Å². The van der Waals surface area contributed by atoms with Crippen LogP contribution in [0.15, 0.2) is 22.1 Å². The van der Waals surface area contributed by atoms with Crippen molar-refractivity contribution in [1.82, 2.24) is 15.3 Å². The van der Waals surface area contributed by atoms with Crippen LogP contribution in [0, 0.1) is 6.92 Å². The van der Waals surface area contributed by atoms with Crippen LogP contribution in [0.1, 0.15) is 24.1 Å². The Balaban J connectivity index is 1.79. The molecule has 2 heterocycles. The van der Waals surface area contributed by atoms with E-state index in [-0.39, 0.29) is 0 Å². The molecule has 0 radical (unpaired) electrons. The van der Waals surface area contributed by atoms with Gasteiger partial charge in [-0.1, -0.05) is 0 Å². The van der Waals surface area contributed by atoms with E-state index in [0.29, 0.717) is 0 Å². The molecule has 0 saturated heterocycles. The van der Waals surface area contributed by atoms with Gasteiger partial charge in [0.25, 0.3) is 0 Å². The Morgan fingerprint density at radius 2 is 2.28 bits per heavy atom. The number of hydrogen-bond acceptors (Lipinski definition) is 4. The van der Waals surface area contributed by atoms with E-state index in [9.17, 15) is 0 Å². The molecular weight excluding hydrogens is 310 g/mol. The highest BCUT2D eigenvalue weighted by Crippen LogP contribution is 2.29. The molecule has 94 valence electrons. The van der Waals surface area contributed by atoms with Crippen molar-refractivity contribution in [1.29, 1.82) is 0 Å². The summed E-state index contributed by atoms with van der Waals surface area (Å²) in [5.41, 5.74) is 2.26. The molecule has 18 heavy (non-hydrogen) atoms. The summed E-state index contributed by atoms with van der Waals surface area (Å²) in [5.74, 6) is 0.818. The molecule has 1 aliphatic rings. The monoisotopic (exact) mass is 323 g/mol. The third-order valence-electron chi connectivity index (χ3n) is 3.03. The van der Waals surface area contributed by atoms with Crippen molar-refractivity contribution in [2.45, 2.75) is 32.4 Å². The van der Waals surface area contributed by atoms with E-state index in [4.69, 9.17) is 0 Å². The second-order valence-corrected chi connectivity index (χ2v) is 7.03. The highest BCUT2D eigenvalue weighted by atomic mass is 79.9. The largest absolute Gasteiger partial charge is 0.310 e. The molecular formula is C13H14BrN3S. The number of thiophene rings is 1. The summed E-state index contributed by atoms with van der Waals surface area (Å²) in [6.07, 6.45) is 4.56. The minimum atomic E-state index is 0.720. The minimum Gasteiger partial charge on any atom is -0.310 e. The van der Waals surface area contributed by atoms with Gasteiger partial charge in [0.2, 0.25) is 0 Å². The van der Waals surface area contributed by atoms with Gasteiger partial charge >= 0.3 is 0 Å². The van der Waals surface area contributed by atoms with Crippen LogP contribution < -0.4 is 5.32 Å². The SMILES string of the molecule is Cc1nc(-c2ccc(Br)s2)ncc1CNC1CC1. The van der Waals surface area contributed by atoms with Gasteiger partial charge in [0, 0.05) is 30.0 Å². The van der Waals surface area contributed by atoms with Gasteiger partial charge in [-0.25, -0.2) is 9.97 Å². The number of aromatic nitrogens is 2. The maximum absolute atomic E-state index is 4.59. The van der Waals surface area contributed by atoms with E-state index in [1.165, 1.54) is 18.4 Å². The van der Waals surface area contributed by atoms with Crippen molar-refractivity contribution in [3.05, 3.63) is 33.4 Å². The summed E-state index contributed by atoms with van der Waals surface area (Å²) in [5, 5.41) is 3.49. The maximum Gasteiger partial charge on any atom is 0.169 e. The van der Waals surface area contributed by atoms with Crippen LogP contribution in [-0.4, -0.2) is 16.0 Å². The van der Waals surface area contributed by atoms with Gasteiger partial charge in [-0.15, -0.1) is 11.3 Å². The Bertz CT molecular complexity index is 563. The zero-order chi connectivity index (χ0) is 12.5. The van der Waals surface area contributed by atoms with Crippen LogP contribution in [0.5, 0.6) is 0 Å². The summed E-state index contributed by atoms with van der Waals surface area (Å²) in [7, 11) is 0. The predicted octanol–water partition coefficient (Wildman–Crippen LogP) is 3.53. The molecule has 2 aromatic heterocycles.